The number of carboxylic acid groups (broad SMARTS) is 1. The fraction of sp³-hybridized carbons (Fsp3) is 0.600. The van der Waals surface area contributed by atoms with E-state index in [9.17, 15) is 0 Å². The summed E-state index contributed by atoms with van der Waals surface area (Å²) in [7, 11) is 2.09. The van der Waals surface area contributed by atoms with Crippen molar-refractivity contribution >= 4 is 5.97 Å². The molecule has 0 aromatic carbocycles. The fourth-order valence-corrected chi connectivity index (χ4v) is 1.17. The average Bonchev–Trinajstić information content (AvgIpc) is 2.31. The first-order valence-electron chi connectivity index (χ1n) is 4.60. The monoisotopic (exact) mass is 198 g/mol. The highest BCUT2D eigenvalue weighted by Gasteiger charge is 2.10. The highest BCUT2D eigenvalue weighted by molar-refractivity contribution is 5.60. The lowest BCUT2D eigenvalue weighted by atomic mass is 10.5. The number of rotatable bonds is 1. The molecule has 1 rings (SSSR count). The number of aliphatic carboxylic acids is 1. The predicted molar refractivity (Wildman–Crippen MR) is 51.4 cm³/mol. The van der Waals surface area contributed by atoms with Crippen LogP contribution in [0.2, 0.25) is 0 Å². The zero-order valence-electron chi connectivity index (χ0n) is 9.50. The lowest BCUT2D eigenvalue weighted by molar-refractivity contribution is -0.699. The molecule has 0 unspecified atom stereocenters. The Morgan fingerprint density at radius 1 is 1.57 bits per heavy atom. The van der Waals surface area contributed by atoms with Crippen molar-refractivity contribution in [2.45, 2.75) is 34.2 Å². The third kappa shape index (κ3) is 3.60. The van der Waals surface area contributed by atoms with Crippen LogP contribution >= 0.6 is 0 Å². The third-order valence-corrected chi connectivity index (χ3v) is 2.11. The SMILES string of the molecule is CC(=O)[O-].CC[n+]1cc(C)n(C)c1C. The largest absolute Gasteiger partial charge is 0.550 e. The third-order valence-electron chi connectivity index (χ3n) is 2.11. The van der Waals surface area contributed by atoms with Crippen LogP contribution in [-0.4, -0.2) is 10.5 Å². The zero-order chi connectivity index (χ0) is 11.3. The van der Waals surface area contributed by atoms with Crippen LogP contribution in [-0.2, 0) is 18.4 Å². The molecule has 0 aliphatic rings. The van der Waals surface area contributed by atoms with Gasteiger partial charge in [0.25, 0.3) is 5.82 Å². The van der Waals surface area contributed by atoms with Crippen LogP contribution in [0.25, 0.3) is 0 Å². The first-order valence-corrected chi connectivity index (χ1v) is 4.60. The van der Waals surface area contributed by atoms with Gasteiger partial charge in [-0.25, -0.2) is 9.13 Å². The summed E-state index contributed by atoms with van der Waals surface area (Å²) >= 11 is 0. The van der Waals surface area contributed by atoms with Gasteiger partial charge in [0.05, 0.1) is 13.6 Å². The Labute approximate surface area is 84.8 Å². The number of aromatic nitrogens is 2. The van der Waals surface area contributed by atoms with Gasteiger partial charge in [0, 0.05) is 19.8 Å². The smallest absolute Gasteiger partial charge is 0.253 e. The van der Waals surface area contributed by atoms with Crippen LogP contribution < -0.4 is 9.67 Å². The second-order valence-electron chi connectivity index (χ2n) is 3.15. The van der Waals surface area contributed by atoms with Crippen LogP contribution in [0.4, 0.5) is 0 Å². The summed E-state index contributed by atoms with van der Waals surface area (Å²) < 4.78 is 4.44. The molecule has 0 fully saturated rings. The minimum Gasteiger partial charge on any atom is -0.550 e. The Hall–Kier alpha value is -1.32. The van der Waals surface area contributed by atoms with E-state index in [4.69, 9.17) is 9.90 Å². The van der Waals surface area contributed by atoms with Gasteiger partial charge in [-0.15, -0.1) is 0 Å². The molecule has 4 nitrogen and oxygen atoms in total. The van der Waals surface area contributed by atoms with Crippen LogP contribution in [0.15, 0.2) is 6.20 Å². The van der Waals surface area contributed by atoms with Gasteiger partial charge in [-0.1, -0.05) is 0 Å². The number of nitrogens with zero attached hydrogens (tertiary/aromatic N) is 2. The Bertz CT molecular complexity index is 312. The van der Waals surface area contributed by atoms with Crippen LogP contribution in [0, 0.1) is 13.8 Å². The van der Waals surface area contributed by atoms with Gasteiger partial charge in [0.1, 0.15) is 11.9 Å². The molecular formula is C10H18N2O2. The summed E-state index contributed by atoms with van der Waals surface area (Å²) in [6.07, 6.45) is 2.18. The van der Waals surface area contributed by atoms with Crippen molar-refractivity contribution in [3.63, 3.8) is 0 Å². The maximum atomic E-state index is 8.89. The number of hydrogen-bond acceptors (Lipinski definition) is 2. The van der Waals surface area contributed by atoms with Gasteiger partial charge in [0.2, 0.25) is 0 Å². The Balaban J connectivity index is 0.000000364. The summed E-state index contributed by atoms with van der Waals surface area (Å²) in [5.41, 5.74) is 1.32. The van der Waals surface area contributed by atoms with Gasteiger partial charge in [-0.2, -0.15) is 0 Å². The first kappa shape index (κ1) is 12.7. The molecule has 0 radical (unpaired) electrons. The average molecular weight is 198 g/mol. The molecular weight excluding hydrogens is 180 g/mol. The quantitative estimate of drug-likeness (QED) is 0.582. The highest BCUT2D eigenvalue weighted by atomic mass is 16.4. The molecule has 1 heterocycles. The van der Waals surface area contributed by atoms with Crippen molar-refractivity contribution in [2.24, 2.45) is 7.05 Å². The van der Waals surface area contributed by atoms with E-state index in [0.29, 0.717) is 0 Å². The van der Waals surface area contributed by atoms with E-state index in [1.54, 1.807) is 0 Å². The van der Waals surface area contributed by atoms with Crippen molar-refractivity contribution in [1.82, 2.24) is 4.57 Å². The highest BCUT2D eigenvalue weighted by Crippen LogP contribution is 1.96. The summed E-state index contributed by atoms with van der Waals surface area (Å²) in [6, 6.07) is 0. The van der Waals surface area contributed by atoms with Crippen LogP contribution in [0.3, 0.4) is 0 Å². The molecule has 1 aromatic heterocycles. The molecule has 0 aliphatic carbocycles. The van der Waals surface area contributed by atoms with E-state index >= 15 is 0 Å². The molecule has 1 aromatic rings. The molecule has 80 valence electrons. The van der Waals surface area contributed by atoms with E-state index in [0.717, 1.165) is 13.5 Å². The summed E-state index contributed by atoms with van der Waals surface area (Å²) in [4.78, 5) is 8.89. The molecule has 0 atom stereocenters. The van der Waals surface area contributed by atoms with E-state index < -0.39 is 5.97 Å². The normalized spacial score (nSPS) is 9.21. The lowest BCUT2D eigenvalue weighted by Crippen LogP contribution is -2.33. The maximum absolute atomic E-state index is 8.89. The number of imidazole rings is 1. The second kappa shape index (κ2) is 5.42. The molecule has 0 saturated carbocycles. The van der Waals surface area contributed by atoms with Gasteiger partial charge >= 0.3 is 0 Å². The minimum absolute atomic E-state index is 0.972. The fourth-order valence-electron chi connectivity index (χ4n) is 1.17. The predicted octanol–water partition coefficient (Wildman–Crippen LogP) is -0.294. The van der Waals surface area contributed by atoms with E-state index in [1.807, 2.05) is 0 Å². The van der Waals surface area contributed by atoms with E-state index in [2.05, 4.69) is 43.1 Å². The molecule has 0 amide bonds. The first-order chi connectivity index (χ1) is 6.40. The Kier molecular flexibility index (Phi) is 4.91. The second-order valence-corrected chi connectivity index (χ2v) is 3.15. The van der Waals surface area contributed by atoms with Gasteiger partial charge < -0.3 is 9.90 Å². The molecule has 0 N–H and O–H groups in total. The number of carbonyl (C=O) groups is 1. The van der Waals surface area contributed by atoms with Crippen molar-refractivity contribution in [3.8, 4) is 0 Å². The number of carbonyl (C=O) groups excluding carboxylic acids is 1. The van der Waals surface area contributed by atoms with E-state index in [1.165, 1.54) is 11.5 Å². The summed E-state index contributed by atoms with van der Waals surface area (Å²) in [6.45, 7) is 8.45. The Morgan fingerprint density at radius 3 is 2.14 bits per heavy atom. The van der Waals surface area contributed by atoms with Gasteiger partial charge in [-0.3, -0.25) is 0 Å². The molecule has 0 aliphatic heterocycles. The van der Waals surface area contributed by atoms with Crippen molar-refractivity contribution in [2.75, 3.05) is 0 Å². The molecule has 4 heteroatoms. The standard InChI is InChI=1S/C8H15N2.C2H4O2/c1-5-10-6-7(2)9(4)8(10)3;1-2(3)4/h6H,5H2,1-4H3;1H3,(H,3,4)/q+1;/p-1. The number of aryl methyl sites for hydroxylation is 2. The number of carboxylic acids is 1. The maximum Gasteiger partial charge on any atom is 0.253 e. The Morgan fingerprint density at radius 2 is 2.00 bits per heavy atom. The topological polar surface area (TPSA) is 48.9 Å². The van der Waals surface area contributed by atoms with E-state index in [-0.39, 0.29) is 0 Å². The van der Waals surface area contributed by atoms with Crippen molar-refractivity contribution in [1.29, 1.82) is 0 Å². The van der Waals surface area contributed by atoms with Crippen LogP contribution in [0.5, 0.6) is 0 Å². The van der Waals surface area contributed by atoms with Gasteiger partial charge in [-0.05, 0) is 13.8 Å². The molecule has 14 heavy (non-hydrogen) atoms. The molecule has 0 saturated heterocycles. The lowest BCUT2D eigenvalue weighted by Gasteiger charge is -1.90. The molecule has 0 spiro atoms. The van der Waals surface area contributed by atoms with Crippen molar-refractivity contribution < 1.29 is 14.5 Å². The van der Waals surface area contributed by atoms with Crippen LogP contribution in [0.1, 0.15) is 25.4 Å². The molecule has 0 bridgehead atoms. The minimum atomic E-state index is -1.08. The number of hydrogen-bond donors (Lipinski definition) is 0. The van der Waals surface area contributed by atoms with Gasteiger partial charge in [0.15, 0.2) is 0 Å². The zero-order valence-corrected chi connectivity index (χ0v) is 9.50. The summed E-state index contributed by atoms with van der Waals surface area (Å²) in [5, 5.41) is 8.89. The van der Waals surface area contributed by atoms with Crippen molar-refractivity contribution in [3.05, 3.63) is 17.7 Å². The summed E-state index contributed by atoms with van der Waals surface area (Å²) in [5.74, 6) is 0.236.